The van der Waals surface area contributed by atoms with E-state index in [0.29, 0.717) is 21.9 Å². The summed E-state index contributed by atoms with van der Waals surface area (Å²) < 4.78 is 0. The fraction of sp³-hybridized carbons (Fsp3) is 0.971. The van der Waals surface area contributed by atoms with E-state index in [1.807, 2.05) is 0 Å². The standard InChI is InChI=1S/C34H69NOS/c1-9-13-16-19-22-24-33(5,12-4)27-23-31(36)28-32(29-35(7)8)37-30-34(6,25-20-17-14-10-2)26-21-18-15-11-3/h32H,9-30H2,1-8H3. The third kappa shape index (κ3) is 20.5. The molecular formula is C34H69NOS. The van der Waals surface area contributed by atoms with Gasteiger partial charge in [-0.1, -0.05) is 131 Å². The molecule has 0 saturated heterocycles. The molecule has 0 spiro atoms. The lowest BCUT2D eigenvalue weighted by Gasteiger charge is -2.32. The van der Waals surface area contributed by atoms with Crippen LogP contribution in [0.4, 0.5) is 0 Å². The molecule has 0 aliphatic carbocycles. The van der Waals surface area contributed by atoms with E-state index in [4.69, 9.17) is 0 Å². The van der Waals surface area contributed by atoms with Gasteiger partial charge in [0.1, 0.15) is 5.78 Å². The predicted octanol–water partition coefficient (Wildman–Crippen LogP) is 11.1. The summed E-state index contributed by atoms with van der Waals surface area (Å²) in [6.45, 7) is 15.2. The highest BCUT2D eigenvalue weighted by Gasteiger charge is 2.27. The molecule has 0 aromatic rings. The molecular weight excluding hydrogens is 470 g/mol. The highest BCUT2D eigenvalue weighted by molar-refractivity contribution is 8.00. The van der Waals surface area contributed by atoms with Crippen molar-refractivity contribution in [3.63, 3.8) is 0 Å². The highest BCUT2D eigenvalue weighted by atomic mass is 32.2. The summed E-state index contributed by atoms with van der Waals surface area (Å²) in [7, 11) is 4.33. The summed E-state index contributed by atoms with van der Waals surface area (Å²) in [5, 5.41) is 0.426. The first-order valence-corrected chi connectivity index (χ1v) is 17.5. The third-order valence-corrected chi connectivity index (χ3v) is 10.4. The molecule has 0 aliphatic rings. The number of carbonyl (C=O) groups is 1. The Kier molecular flexibility index (Phi) is 22.7. The summed E-state index contributed by atoms with van der Waals surface area (Å²) in [6.07, 6.45) is 25.3. The van der Waals surface area contributed by atoms with Crippen molar-refractivity contribution in [1.29, 1.82) is 0 Å². The Balaban J connectivity index is 4.90. The van der Waals surface area contributed by atoms with Crippen LogP contribution < -0.4 is 0 Å². The second kappa shape index (κ2) is 22.8. The maximum Gasteiger partial charge on any atom is 0.134 e. The molecule has 0 aromatic carbocycles. The van der Waals surface area contributed by atoms with E-state index in [1.165, 1.54) is 115 Å². The molecule has 2 atom stereocenters. The number of Topliss-reactive ketones (excluding diaryl/α,β-unsaturated/α-hetero) is 1. The molecule has 0 amide bonds. The zero-order valence-electron chi connectivity index (χ0n) is 26.9. The Morgan fingerprint density at radius 1 is 0.676 bits per heavy atom. The Bertz CT molecular complexity index is 522. The van der Waals surface area contributed by atoms with Gasteiger partial charge in [0, 0.05) is 24.6 Å². The fourth-order valence-corrected chi connectivity index (χ4v) is 7.19. The number of hydrogen-bond acceptors (Lipinski definition) is 3. The number of ketones is 1. The molecule has 0 rings (SSSR count). The van der Waals surface area contributed by atoms with Crippen LogP contribution in [0.5, 0.6) is 0 Å². The Labute approximate surface area is 239 Å². The predicted molar refractivity (Wildman–Crippen MR) is 171 cm³/mol. The maximum absolute atomic E-state index is 13.2. The lowest BCUT2D eigenvalue weighted by atomic mass is 9.77. The minimum atomic E-state index is 0.335. The summed E-state index contributed by atoms with van der Waals surface area (Å²) in [4.78, 5) is 15.5. The third-order valence-electron chi connectivity index (χ3n) is 8.70. The summed E-state index contributed by atoms with van der Waals surface area (Å²) in [5.74, 6) is 1.71. The normalized spacial score (nSPS) is 14.7. The van der Waals surface area contributed by atoms with Gasteiger partial charge in [-0.3, -0.25) is 4.79 Å². The molecule has 0 bridgehead atoms. The molecule has 37 heavy (non-hydrogen) atoms. The summed E-state index contributed by atoms with van der Waals surface area (Å²) >= 11 is 2.11. The van der Waals surface area contributed by atoms with Crippen molar-refractivity contribution in [2.24, 2.45) is 10.8 Å². The lowest BCUT2D eigenvalue weighted by molar-refractivity contribution is -0.119. The highest BCUT2D eigenvalue weighted by Crippen LogP contribution is 2.38. The Morgan fingerprint density at radius 3 is 1.59 bits per heavy atom. The van der Waals surface area contributed by atoms with Gasteiger partial charge in [-0.15, -0.1) is 0 Å². The van der Waals surface area contributed by atoms with Crippen molar-refractivity contribution in [3.8, 4) is 0 Å². The fourth-order valence-electron chi connectivity index (χ4n) is 5.56. The van der Waals surface area contributed by atoms with E-state index in [2.05, 4.69) is 72.3 Å². The van der Waals surface area contributed by atoms with E-state index in [-0.39, 0.29) is 0 Å². The number of hydrogen-bond donors (Lipinski definition) is 0. The van der Waals surface area contributed by atoms with Crippen LogP contribution in [-0.4, -0.2) is 42.3 Å². The van der Waals surface area contributed by atoms with Crippen molar-refractivity contribution >= 4 is 17.5 Å². The van der Waals surface area contributed by atoms with Gasteiger partial charge in [-0.05, 0) is 56.4 Å². The summed E-state index contributed by atoms with van der Waals surface area (Å²) in [6, 6.07) is 0. The monoisotopic (exact) mass is 540 g/mol. The van der Waals surface area contributed by atoms with Crippen LogP contribution in [0.25, 0.3) is 0 Å². The van der Waals surface area contributed by atoms with Gasteiger partial charge in [0.25, 0.3) is 0 Å². The largest absolute Gasteiger partial charge is 0.308 e. The van der Waals surface area contributed by atoms with E-state index in [1.54, 1.807) is 0 Å². The first-order valence-electron chi connectivity index (χ1n) is 16.4. The zero-order chi connectivity index (χ0) is 28.0. The van der Waals surface area contributed by atoms with Crippen molar-refractivity contribution in [3.05, 3.63) is 0 Å². The van der Waals surface area contributed by atoms with Crippen molar-refractivity contribution < 1.29 is 4.79 Å². The van der Waals surface area contributed by atoms with Crippen molar-refractivity contribution in [2.45, 2.75) is 175 Å². The van der Waals surface area contributed by atoms with E-state index in [0.717, 1.165) is 25.8 Å². The number of unbranched alkanes of at least 4 members (excludes halogenated alkanes) is 10. The second-order valence-electron chi connectivity index (χ2n) is 13.2. The van der Waals surface area contributed by atoms with Crippen LogP contribution in [0.15, 0.2) is 0 Å². The van der Waals surface area contributed by atoms with Gasteiger partial charge in [0.2, 0.25) is 0 Å². The molecule has 0 fully saturated rings. The number of nitrogens with zero attached hydrogens (tertiary/aromatic N) is 1. The van der Waals surface area contributed by atoms with Gasteiger partial charge in [-0.25, -0.2) is 0 Å². The van der Waals surface area contributed by atoms with Gasteiger partial charge < -0.3 is 4.90 Å². The minimum absolute atomic E-state index is 0.335. The molecule has 0 N–H and O–H groups in total. The first-order chi connectivity index (χ1) is 17.6. The van der Waals surface area contributed by atoms with Crippen LogP contribution in [0, 0.1) is 10.8 Å². The molecule has 0 aliphatic heterocycles. The molecule has 0 saturated carbocycles. The minimum Gasteiger partial charge on any atom is -0.308 e. The quantitative estimate of drug-likeness (QED) is 0.0968. The van der Waals surface area contributed by atoms with Gasteiger partial charge in [-0.2, -0.15) is 11.8 Å². The van der Waals surface area contributed by atoms with Crippen LogP contribution in [-0.2, 0) is 4.79 Å². The topological polar surface area (TPSA) is 20.3 Å². The molecule has 0 radical (unpaired) electrons. The smallest absolute Gasteiger partial charge is 0.134 e. The molecule has 2 nitrogen and oxygen atoms in total. The van der Waals surface area contributed by atoms with Gasteiger partial charge >= 0.3 is 0 Å². The maximum atomic E-state index is 13.2. The lowest BCUT2D eigenvalue weighted by Crippen LogP contribution is -2.29. The first kappa shape index (κ1) is 37.0. The summed E-state index contributed by atoms with van der Waals surface area (Å²) in [5.41, 5.74) is 0.750. The SMILES string of the molecule is CCCCCCCC(C)(CC)CCC(=O)CC(CN(C)C)SCC(C)(CCCCCC)CCCCCC. The average molecular weight is 540 g/mol. The van der Waals surface area contributed by atoms with Gasteiger partial charge in [0.05, 0.1) is 0 Å². The molecule has 222 valence electrons. The van der Waals surface area contributed by atoms with Crippen LogP contribution in [0.2, 0.25) is 0 Å². The Hall–Kier alpha value is -0.0200. The number of carbonyl (C=O) groups excluding carboxylic acids is 1. The number of thioether (sulfide) groups is 1. The van der Waals surface area contributed by atoms with Crippen molar-refractivity contribution in [2.75, 3.05) is 26.4 Å². The van der Waals surface area contributed by atoms with Crippen molar-refractivity contribution in [1.82, 2.24) is 4.90 Å². The molecule has 2 unspecified atom stereocenters. The van der Waals surface area contributed by atoms with E-state index in [9.17, 15) is 4.79 Å². The zero-order valence-corrected chi connectivity index (χ0v) is 27.7. The van der Waals surface area contributed by atoms with Crippen LogP contribution in [0.3, 0.4) is 0 Å². The molecule has 0 heterocycles. The molecule has 0 aromatic heterocycles. The number of rotatable bonds is 27. The average Bonchev–Trinajstić information content (AvgIpc) is 2.86. The van der Waals surface area contributed by atoms with Gasteiger partial charge in [0.15, 0.2) is 0 Å². The van der Waals surface area contributed by atoms with E-state index < -0.39 is 0 Å². The van der Waals surface area contributed by atoms with Crippen LogP contribution in [0.1, 0.15) is 170 Å². The van der Waals surface area contributed by atoms with Crippen LogP contribution >= 0.6 is 11.8 Å². The Morgan fingerprint density at radius 2 is 1.14 bits per heavy atom. The van der Waals surface area contributed by atoms with E-state index >= 15 is 0 Å². The molecule has 3 heteroatoms. The second-order valence-corrected chi connectivity index (χ2v) is 14.5.